The van der Waals surface area contributed by atoms with E-state index < -0.39 is 5.54 Å². The molecule has 3 nitrogen and oxygen atoms in total. The molecule has 0 unspecified atom stereocenters. The van der Waals surface area contributed by atoms with Crippen LogP contribution in [0.25, 0.3) is 0 Å². The molecule has 1 spiro atoms. The van der Waals surface area contributed by atoms with Gasteiger partial charge in [-0.15, -0.1) is 0 Å². The van der Waals surface area contributed by atoms with Crippen LogP contribution in [0.1, 0.15) is 44.9 Å². The van der Waals surface area contributed by atoms with Crippen LogP contribution in [-0.2, 0) is 4.79 Å². The fraction of sp³-hybridized carbons (Fsp3) is 0.529. The lowest BCUT2D eigenvalue weighted by molar-refractivity contribution is -0.131. The Bertz CT molecular complexity index is 576. The first kappa shape index (κ1) is 13.3. The van der Waals surface area contributed by atoms with Gasteiger partial charge in [-0.1, -0.05) is 37.5 Å². The largest absolute Gasteiger partial charge is 0.303 e. The van der Waals surface area contributed by atoms with Crippen molar-refractivity contribution < 1.29 is 4.79 Å². The summed E-state index contributed by atoms with van der Waals surface area (Å²) >= 11 is 5.72. The van der Waals surface area contributed by atoms with Gasteiger partial charge >= 0.3 is 0 Å². The van der Waals surface area contributed by atoms with Crippen molar-refractivity contribution in [2.75, 3.05) is 4.90 Å². The second-order valence-corrected chi connectivity index (χ2v) is 6.82. The number of thiocarbonyl (C=S) groups is 1. The van der Waals surface area contributed by atoms with Crippen LogP contribution in [0, 0.1) is 0 Å². The maximum Gasteiger partial charge on any atom is 0.255 e. The standard InChI is InChI=1S/C17H20N2OS/c20-15-17(11-5-2-6-12-17)19(14-7-3-1-4-8-14)16(21)18(15)13-9-10-13/h1,3-4,7-8,13H,2,5-6,9-12H2. The van der Waals surface area contributed by atoms with Crippen molar-refractivity contribution in [1.82, 2.24) is 4.90 Å². The lowest BCUT2D eigenvalue weighted by Gasteiger charge is -2.39. The topological polar surface area (TPSA) is 23.6 Å². The molecule has 4 rings (SSSR count). The first-order valence-electron chi connectivity index (χ1n) is 7.97. The van der Waals surface area contributed by atoms with Gasteiger partial charge in [0.15, 0.2) is 5.11 Å². The number of carbonyl (C=O) groups is 1. The number of para-hydroxylation sites is 1. The van der Waals surface area contributed by atoms with E-state index in [1.54, 1.807) is 0 Å². The highest BCUT2D eigenvalue weighted by Crippen LogP contribution is 2.46. The monoisotopic (exact) mass is 300 g/mol. The third-order valence-electron chi connectivity index (χ3n) is 5.05. The smallest absolute Gasteiger partial charge is 0.255 e. The maximum atomic E-state index is 13.2. The van der Waals surface area contributed by atoms with E-state index in [1.165, 1.54) is 6.42 Å². The third kappa shape index (κ3) is 1.92. The number of benzene rings is 1. The lowest BCUT2D eigenvalue weighted by atomic mass is 9.80. The van der Waals surface area contributed by atoms with Crippen molar-refractivity contribution >= 4 is 28.9 Å². The number of anilines is 1. The van der Waals surface area contributed by atoms with E-state index in [-0.39, 0.29) is 5.91 Å². The van der Waals surface area contributed by atoms with Crippen LogP contribution < -0.4 is 4.90 Å². The molecule has 1 amide bonds. The highest BCUT2D eigenvalue weighted by Gasteiger charge is 2.58. The maximum absolute atomic E-state index is 13.2. The fourth-order valence-corrected chi connectivity index (χ4v) is 4.37. The molecule has 2 aliphatic carbocycles. The Morgan fingerprint density at radius 2 is 1.71 bits per heavy atom. The summed E-state index contributed by atoms with van der Waals surface area (Å²) in [5, 5.41) is 0.732. The fourth-order valence-electron chi connectivity index (χ4n) is 3.86. The van der Waals surface area contributed by atoms with Gasteiger partial charge in [0.25, 0.3) is 5.91 Å². The minimum Gasteiger partial charge on any atom is -0.303 e. The summed E-state index contributed by atoms with van der Waals surface area (Å²) in [6, 6.07) is 10.6. The number of hydrogen-bond donors (Lipinski definition) is 0. The minimum absolute atomic E-state index is 0.263. The molecule has 1 aliphatic heterocycles. The second kappa shape index (κ2) is 4.80. The van der Waals surface area contributed by atoms with E-state index >= 15 is 0 Å². The van der Waals surface area contributed by atoms with Crippen LogP contribution in [0.15, 0.2) is 30.3 Å². The molecular weight excluding hydrogens is 280 g/mol. The summed E-state index contributed by atoms with van der Waals surface area (Å²) in [6.45, 7) is 0. The molecule has 1 aromatic rings. The molecule has 0 aromatic heterocycles. The van der Waals surface area contributed by atoms with Gasteiger partial charge in [0.2, 0.25) is 0 Å². The molecule has 21 heavy (non-hydrogen) atoms. The van der Waals surface area contributed by atoms with E-state index in [2.05, 4.69) is 17.0 Å². The molecule has 1 aromatic carbocycles. The van der Waals surface area contributed by atoms with E-state index in [1.807, 2.05) is 23.1 Å². The second-order valence-electron chi connectivity index (χ2n) is 6.45. The quantitative estimate of drug-likeness (QED) is 0.781. The van der Waals surface area contributed by atoms with Crippen LogP contribution in [0.2, 0.25) is 0 Å². The zero-order valence-corrected chi connectivity index (χ0v) is 12.9. The number of nitrogens with zero attached hydrogens (tertiary/aromatic N) is 2. The molecular formula is C17H20N2OS. The predicted octanol–water partition coefficient (Wildman–Crippen LogP) is 3.49. The highest BCUT2D eigenvalue weighted by molar-refractivity contribution is 7.80. The van der Waals surface area contributed by atoms with Gasteiger partial charge in [0, 0.05) is 11.7 Å². The van der Waals surface area contributed by atoms with Crippen molar-refractivity contribution in [3.8, 4) is 0 Å². The summed E-state index contributed by atoms with van der Waals surface area (Å²) in [7, 11) is 0. The number of carbonyl (C=O) groups excluding carboxylic acids is 1. The molecule has 0 N–H and O–H groups in total. The molecule has 3 fully saturated rings. The van der Waals surface area contributed by atoms with E-state index in [9.17, 15) is 4.79 Å². The van der Waals surface area contributed by atoms with Gasteiger partial charge < -0.3 is 4.90 Å². The van der Waals surface area contributed by atoms with Gasteiger partial charge in [-0.2, -0.15) is 0 Å². The predicted molar refractivity (Wildman–Crippen MR) is 87.2 cm³/mol. The van der Waals surface area contributed by atoms with Gasteiger partial charge in [-0.25, -0.2) is 0 Å². The Morgan fingerprint density at radius 1 is 1.05 bits per heavy atom. The van der Waals surface area contributed by atoms with Crippen LogP contribution in [-0.4, -0.2) is 27.5 Å². The summed E-state index contributed by atoms with van der Waals surface area (Å²) < 4.78 is 0. The molecule has 2 saturated carbocycles. The average molecular weight is 300 g/mol. The third-order valence-corrected chi connectivity index (χ3v) is 5.43. The van der Waals surface area contributed by atoms with Gasteiger partial charge in [0.05, 0.1) is 0 Å². The van der Waals surface area contributed by atoms with E-state index in [0.717, 1.165) is 49.3 Å². The van der Waals surface area contributed by atoms with Gasteiger partial charge in [0.1, 0.15) is 5.54 Å². The Labute approximate surface area is 130 Å². The summed E-state index contributed by atoms with van der Waals surface area (Å²) in [6.07, 6.45) is 7.55. The van der Waals surface area contributed by atoms with Crippen LogP contribution >= 0.6 is 12.2 Å². The molecule has 1 saturated heterocycles. The molecule has 3 aliphatic rings. The number of rotatable bonds is 2. The van der Waals surface area contributed by atoms with Gasteiger partial charge in [-0.3, -0.25) is 9.69 Å². The van der Waals surface area contributed by atoms with Gasteiger partial charge in [-0.05, 0) is 50.0 Å². The van der Waals surface area contributed by atoms with Crippen molar-refractivity contribution in [2.45, 2.75) is 56.5 Å². The minimum atomic E-state index is -0.403. The summed E-state index contributed by atoms with van der Waals surface area (Å²) in [4.78, 5) is 17.2. The van der Waals surface area contributed by atoms with Crippen molar-refractivity contribution in [3.63, 3.8) is 0 Å². The first-order valence-corrected chi connectivity index (χ1v) is 8.38. The van der Waals surface area contributed by atoms with Crippen LogP contribution in [0.5, 0.6) is 0 Å². The summed E-state index contributed by atoms with van der Waals surface area (Å²) in [5.41, 5.74) is 0.667. The average Bonchev–Trinajstić information content (AvgIpc) is 3.31. The SMILES string of the molecule is O=C1N(C2CC2)C(=S)N(c2ccccc2)C12CCCCC2. The molecule has 0 radical (unpaired) electrons. The molecule has 110 valence electrons. The Hall–Kier alpha value is -1.42. The number of hydrogen-bond acceptors (Lipinski definition) is 2. The van der Waals surface area contributed by atoms with Crippen LogP contribution in [0.4, 0.5) is 5.69 Å². The van der Waals surface area contributed by atoms with Crippen molar-refractivity contribution in [2.24, 2.45) is 0 Å². The molecule has 4 heteroatoms. The lowest BCUT2D eigenvalue weighted by Crippen LogP contribution is -2.51. The Balaban J connectivity index is 1.80. The van der Waals surface area contributed by atoms with E-state index in [4.69, 9.17) is 12.2 Å². The van der Waals surface area contributed by atoms with E-state index in [0.29, 0.717) is 6.04 Å². The Kier molecular flexibility index (Phi) is 3.03. The Morgan fingerprint density at radius 3 is 2.33 bits per heavy atom. The first-order chi connectivity index (χ1) is 10.2. The number of amides is 1. The summed E-state index contributed by atoms with van der Waals surface area (Å²) in [5.74, 6) is 0.263. The zero-order valence-electron chi connectivity index (χ0n) is 12.1. The highest BCUT2D eigenvalue weighted by atomic mass is 32.1. The normalized spacial score (nSPS) is 25.0. The zero-order chi connectivity index (χ0) is 14.4. The molecule has 0 bridgehead atoms. The molecule has 0 atom stereocenters. The van der Waals surface area contributed by atoms with Crippen LogP contribution in [0.3, 0.4) is 0 Å². The van der Waals surface area contributed by atoms with Crippen molar-refractivity contribution in [3.05, 3.63) is 30.3 Å². The van der Waals surface area contributed by atoms with Crippen molar-refractivity contribution in [1.29, 1.82) is 0 Å². The molecule has 1 heterocycles.